The van der Waals surface area contributed by atoms with Crippen molar-refractivity contribution in [3.8, 4) is 0 Å². The van der Waals surface area contributed by atoms with Crippen LogP contribution in [0.4, 0.5) is 0 Å². The Bertz CT molecular complexity index is 460. The van der Waals surface area contributed by atoms with E-state index in [0.717, 1.165) is 57.8 Å². The number of likely N-dealkylation sites (tertiary alicyclic amines) is 2. The van der Waals surface area contributed by atoms with Gasteiger partial charge in [0.15, 0.2) is 5.96 Å². The van der Waals surface area contributed by atoms with Gasteiger partial charge in [0.1, 0.15) is 0 Å². The molecule has 0 aliphatic carbocycles. The van der Waals surface area contributed by atoms with Crippen LogP contribution in [0.15, 0.2) is 4.99 Å². The van der Waals surface area contributed by atoms with E-state index in [1.54, 1.807) is 0 Å². The van der Waals surface area contributed by atoms with Crippen LogP contribution in [0.5, 0.6) is 0 Å². The Morgan fingerprint density at radius 2 is 1.75 bits per heavy atom. The number of nitrogens with one attached hydrogen (secondary N) is 1. The van der Waals surface area contributed by atoms with E-state index in [2.05, 4.69) is 38.9 Å². The highest BCUT2D eigenvalue weighted by molar-refractivity contribution is 14.0. The molecule has 3 heterocycles. The van der Waals surface area contributed by atoms with Gasteiger partial charge in [-0.05, 0) is 38.3 Å². The van der Waals surface area contributed by atoms with E-state index in [0.29, 0.717) is 12.1 Å². The minimum Gasteiger partial charge on any atom is -0.379 e. The Labute approximate surface area is 189 Å². The lowest BCUT2D eigenvalue weighted by atomic mass is 9.93. The fourth-order valence-electron chi connectivity index (χ4n) is 5.20. The van der Waals surface area contributed by atoms with E-state index < -0.39 is 0 Å². The second kappa shape index (κ2) is 12.5. The molecule has 2 atom stereocenters. The normalized spacial score (nSPS) is 25.9. The number of aliphatic imine (C=N–C) groups is 1. The van der Waals surface area contributed by atoms with Crippen molar-refractivity contribution in [2.24, 2.45) is 10.9 Å². The molecule has 1 N–H and O–H groups in total. The molecule has 0 aromatic carbocycles. The average molecular weight is 508 g/mol. The summed E-state index contributed by atoms with van der Waals surface area (Å²) in [7, 11) is 1.94. The first-order chi connectivity index (χ1) is 13.3. The van der Waals surface area contributed by atoms with Gasteiger partial charge in [-0.1, -0.05) is 26.7 Å². The summed E-state index contributed by atoms with van der Waals surface area (Å²) in [5.74, 6) is 1.87. The SMILES string of the molecule is CCC(CC)C(CNC(=NC)N1CCC(N2CCOCC2)C1)N1CCCC1.I. The van der Waals surface area contributed by atoms with Crippen molar-refractivity contribution in [3.05, 3.63) is 0 Å². The Balaban J connectivity index is 0.00000280. The van der Waals surface area contributed by atoms with E-state index in [1.165, 1.54) is 45.2 Å². The fraction of sp³-hybridized carbons (Fsp3) is 0.952. The highest BCUT2D eigenvalue weighted by atomic mass is 127. The van der Waals surface area contributed by atoms with E-state index >= 15 is 0 Å². The molecule has 28 heavy (non-hydrogen) atoms. The van der Waals surface area contributed by atoms with Gasteiger partial charge in [0.2, 0.25) is 0 Å². The van der Waals surface area contributed by atoms with Gasteiger partial charge in [-0.25, -0.2) is 0 Å². The third kappa shape index (κ3) is 6.19. The zero-order valence-electron chi connectivity index (χ0n) is 18.2. The molecule has 0 radical (unpaired) electrons. The molecule has 0 saturated carbocycles. The number of hydrogen-bond donors (Lipinski definition) is 1. The number of rotatable bonds is 7. The summed E-state index contributed by atoms with van der Waals surface area (Å²) >= 11 is 0. The molecular formula is C21H42IN5O. The number of morpholine rings is 1. The molecule has 164 valence electrons. The van der Waals surface area contributed by atoms with E-state index in [-0.39, 0.29) is 24.0 Å². The summed E-state index contributed by atoms with van der Waals surface area (Å²) < 4.78 is 5.52. The molecule has 0 bridgehead atoms. The van der Waals surface area contributed by atoms with Crippen LogP contribution in [0.25, 0.3) is 0 Å². The maximum Gasteiger partial charge on any atom is 0.193 e. The molecule has 0 spiro atoms. The molecular weight excluding hydrogens is 465 g/mol. The molecule has 3 aliphatic heterocycles. The zero-order valence-corrected chi connectivity index (χ0v) is 20.6. The lowest BCUT2D eigenvalue weighted by molar-refractivity contribution is 0.0194. The third-order valence-corrected chi connectivity index (χ3v) is 6.91. The summed E-state index contributed by atoms with van der Waals surface area (Å²) in [5.41, 5.74) is 0. The molecule has 3 saturated heterocycles. The summed E-state index contributed by atoms with van der Waals surface area (Å²) in [5, 5.41) is 3.75. The Morgan fingerprint density at radius 1 is 1.07 bits per heavy atom. The predicted octanol–water partition coefficient (Wildman–Crippen LogP) is 2.49. The van der Waals surface area contributed by atoms with Gasteiger partial charge in [-0.3, -0.25) is 14.8 Å². The van der Waals surface area contributed by atoms with Gasteiger partial charge in [-0.15, -0.1) is 24.0 Å². The molecule has 3 rings (SSSR count). The molecule has 0 aromatic heterocycles. The monoisotopic (exact) mass is 507 g/mol. The van der Waals surface area contributed by atoms with Crippen molar-refractivity contribution in [1.29, 1.82) is 0 Å². The van der Waals surface area contributed by atoms with Gasteiger partial charge in [0.05, 0.1) is 13.2 Å². The molecule has 3 fully saturated rings. The Morgan fingerprint density at radius 3 is 2.36 bits per heavy atom. The number of hydrogen-bond acceptors (Lipinski definition) is 4. The highest BCUT2D eigenvalue weighted by Crippen LogP contribution is 2.23. The fourth-order valence-corrected chi connectivity index (χ4v) is 5.20. The lowest BCUT2D eigenvalue weighted by Gasteiger charge is -2.35. The van der Waals surface area contributed by atoms with Gasteiger partial charge >= 0.3 is 0 Å². The maximum absolute atomic E-state index is 5.52. The number of guanidine groups is 1. The van der Waals surface area contributed by atoms with Crippen molar-refractivity contribution in [2.75, 3.05) is 66.1 Å². The Hall–Kier alpha value is -0.120. The van der Waals surface area contributed by atoms with Crippen LogP contribution >= 0.6 is 24.0 Å². The molecule has 6 nitrogen and oxygen atoms in total. The van der Waals surface area contributed by atoms with Crippen molar-refractivity contribution in [1.82, 2.24) is 20.0 Å². The average Bonchev–Trinajstić information content (AvgIpc) is 3.41. The molecule has 0 amide bonds. The number of halogens is 1. The predicted molar refractivity (Wildman–Crippen MR) is 128 cm³/mol. The first-order valence-electron chi connectivity index (χ1n) is 11.3. The van der Waals surface area contributed by atoms with Gasteiger partial charge in [0, 0.05) is 51.9 Å². The quantitative estimate of drug-likeness (QED) is 0.326. The van der Waals surface area contributed by atoms with Crippen LogP contribution in [-0.2, 0) is 4.74 Å². The van der Waals surface area contributed by atoms with E-state index in [4.69, 9.17) is 4.74 Å². The minimum atomic E-state index is 0. The maximum atomic E-state index is 5.52. The zero-order chi connectivity index (χ0) is 19.1. The topological polar surface area (TPSA) is 43.3 Å². The molecule has 0 aromatic rings. The van der Waals surface area contributed by atoms with Gasteiger partial charge in [0.25, 0.3) is 0 Å². The van der Waals surface area contributed by atoms with E-state index in [1.807, 2.05) is 7.05 Å². The smallest absolute Gasteiger partial charge is 0.193 e. The van der Waals surface area contributed by atoms with E-state index in [9.17, 15) is 0 Å². The highest BCUT2D eigenvalue weighted by Gasteiger charge is 2.32. The first-order valence-corrected chi connectivity index (χ1v) is 11.3. The third-order valence-electron chi connectivity index (χ3n) is 6.91. The van der Waals surface area contributed by atoms with Crippen molar-refractivity contribution >= 4 is 29.9 Å². The number of ether oxygens (including phenoxy) is 1. The van der Waals surface area contributed by atoms with Crippen LogP contribution in [0.2, 0.25) is 0 Å². The molecule has 3 aliphatic rings. The van der Waals surface area contributed by atoms with Gasteiger partial charge < -0.3 is 15.0 Å². The van der Waals surface area contributed by atoms with Crippen LogP contribution in [0.3, 0.4) is 0 Å². The first kappa shape index (κ1) is 24.2. The Kier molecular flexibility index (Phi) is 10.8. The van der Waals surface area contributed by atoms with Gasteiger partial charge in [-0.2, -0.15) is 0 Å². The van der Waals surface area contributed by atoms with Crippen molar-refractivity contribution in [2.45, 2.75) is 58.0 Å². The number of nitrogens with zero attached hydrogens (tertiary/aromatic N) is 4. The summed E-state index contributed by atoms with van der Waals surface area (Å²) in [6.07, 6.45) is 6.49. The van der Waals surface area contributed by atoms with Crippen LogP contribution in [0.1, 0.15) is 46.0 Å². The minimum absolute atomic E-state index is 0. The van der Waals surface area contributed by atoms with Crippen LogP contribution < -0.4 is 5.32 Å². The summed E-state index contributed by atoms with van der Waals surface area (Å²) in [4.78, 5) is 12.4. The van der Waals surface area contributed by atoms with Crippen LogP contribution in [0, 0.1) is 5.92 Å². The second-order valence-corrected chi connectivity index (χ2v) is 8.35. The largest absolute Gasteiger partial charge is 0.379 e. The summed E-state index contributed by atoms with van der Waals surface area (Å²) in [6.45, 7) is 14.4. The van der Waals surface area contributed by atoms with Crippen molar-refractivity contribution in [3.63, 3.8) is 0 Å². The van der Waals surface area contributed by atoms with Crippen molar-refractivity contribution < 1.29 is 4.74 Å². The summed E-state index contributed by atoms with van der Waals surface area (Å²) in [6, 6.07) is 1.29. The molecule has 2 unspecified atom stereocenters. The lowest BCUT2D eigenvalue weighted by Crippen LogP contribution is -2.51. The van der Waals surface area contributed by atoms with Crippen LogP contribution in [-0.4, -0.2) is 98.8 Å². The molecule has 7 heteroatoms. The standard InChI is InChI=1S/C21H41N5O.HI/c1-4-18(5-2)20(25-9-6-7-10-25)16-23-21(22-3)26-11-8-19(17-26)24-12-14-27-15-13-24;/h18-20H,4-17H2,1-3H3,(H,22,23);1H. The second-order valence-electron chi connectivity index (χ2n) is 8.35.